The standard InChI is InChI=1S/C14H12F3NO4S/c1-23(19,20)18-10-2-4-11(5-3-10)21-12-6-8-13(9-7-12)22-14(15,16)17/h2-9,18H,1H3. The number of hydrogen-bond acceptors (Lipinski definition) is 4. The SMILES string of the molecule is CS(=O)(=O)Nc1ccc(Oc2ccc(OC(F)(F)F)cc2)cc1. The van der Waals surface area contributed by atoms with Crippen LogP contribution in [0.25, 0.3) is 0 Å². The lowest BCUT2D eigenvalue weighted by molar-refractivity contribution is -0.274. The van der Waals surface area contributed by atoms with Crippen molar-refractivity contribution in [2.24, 2.45) is 0 Å². The molecule has 0 unspecified atom stereocenters. The number of nitrogens with one attached hydrogen (secondary N) is 1. The van der Waals surface area contributed by atoms with Crippen molar-refractivity contribution in [2.75, 3.05) is 11.0 Å². The highest BCUT2D eigenvalue weighted by Crippen LogP contribution is 2.27. The molecule has 0 aliphatic heterocycles. The van der Waals surface area contributed by atoms with Crippen molar-refractivity contribution in [2.45, 2.75) is 6.36 Å². The van der Waals surface area contributed by atoms with Gasteiger partial charge in [-0.3, -0.25) is 4.72 Å². The molecule has 0 heterocycles. The van der Waals surface area contributed by atoms with Gasteiger partial charge in [-0.15, -0.1) is 13.2 Å². The Morgan fingerprint density at radius 2 is 1.30 bits per heavy atom. The summed E-state index contributed by atoms with van der Waals surface area (Å²) in [5, 5.41) is 0. The molecule has 0 spiro atoms. The third kappa shape index (κ3) is 6.07. The van der Waals surface area contributed by atoms with E-state index in [2.05, 4.69) is 9.46 Å². The fraction of sp³-hybridized carbons (Fsp3) is 0.143. The predicted octanol–water partition coefficient (Wildman–Crippen LogP) is 3.75. The van der Waals surface area contributed by atoms with Gasteiger partial charge in [-0.25, -0.2) is 8.42 Å². The first-order valence-electron chi connectivity index (χ1n) is 6.22. The molecular weight excluding hydrogens is 335 g/mol. The van der Waals surface area contributed by atoms with Gasteiger partial charge in [-0.2, -0.15) is 0 Å². The van der Waals surface area contributed by atoms with Gasteiger partial charge in [0.05, 0.1) is 6.26 Å². The van der Waals surface area contributed by atoms with E-state index in [0.717, 1.165) is 18.4 Å². The second-order valence-corrected chi connectivity index (χ2v) is 6.27. The van der Waals surface area contributed by atoms with Crippen molar-refractivity contribution in [3.05, 3.63) is 48.5 Å². The lowest BCUT2D eigenvalue weighted by Crippen LogP contribution is -2.16. The summed E-state index contributed by atoms with van der Waals surface area (Å²) in [6, 6.07) is 10.9. The van der Waals surface area contributed by atoms with Crippen LogP contribution in [0, 0.1) is 0 Å². The van der Waals surface area contributed by atoms with E-state index in [1.165, 1.54) is 36.4 Å². The van der Waals surface area contributed by atoms with Crippen LogP contribution in [0.5, 0.6) is 17.2 Å². The molecule has 0 aliphatic rings. The van der Waals surface area contributed by atoms with Crippen molar-refractivity contribution in [1.82, 2.24) is 0 Å². The second-order valence-electron chi connectivity index (χ2n) is 4.52. The highest BCUT2D eigenvalue weighted by molar-refractivity contribution is 7.92. The zero-order valence-electron chi connectivity index (χ0n) is 11.8. The summed E-state index contributed by atoms with van der Waals surface area (Å²) in [4.78, 5) is 0. The topological polar surface area (TPSA) is 64.6 Å². The molecule has 2 aromatic rings. The van der Waals surface area contributed by atoms with Gasteiger partial charge in [0, 0.05) is 5.69 Å². The van der Waals surface area contributed by atoms with Gasteiger partial charge in [0.2, 0.25) is 10.0 Å². The van der Waals surface area contributed by atoms with Crippen LogP contribution in [0.2, 0.25) is 0 Å². The Labute approximate surface area is 130 Å². The van der Waals surface area contributed by atoms with E-state index in [1.807, 2.05) is 0 Å². The molecule has 0 fully saturated rings. The zero-order valence-corrected chi connectivity index (χ0v) is 12.6. The number of anilines is 1. The van der Waals surface area contributed by atoms with E-state index in [9.17, 15) is 21.6 Å². The van der Waals surface area contributed by atoms with E-state index in [0.29, 0.717) is 17.2 Å². The zero-order chi connectivity index (χ0) is 17.1. The van der Waals surface area contributed by atoms with Crippen LogP contribution in [0.15, 0.2) is 48.5 Å². The minimum atomic E-state index is -4.75. The summed E-state index contributed by atoms with van der Waals surface area (Å²) in [6.45, 7) is 0. The van der Waals surface area contributed by atoms with Crippen LogP contribution in [-0.2, 0) is 10.0 Å². The minimum absolute atomic E-state index is 0.309. The molecular formula is C14H12F3NO4S. The number of sulfonamides is 1. The Balaban J connectivity index is 2.02. The minimum Gasteiger partial charge on any atom is -0.457 e. The summed E-state index contributed by atoms with van der Waals surface area (Å²) in [6.07, 6.45) is -3.72. The maximum absolute atomic E-state index is 12.0. The molecule has 124 valence electrons. The first-order valence-corrected chi connectivity index (χ1v) is 8.11. The molecule has 0 amide bonds. The molecule has 0 saturated carbocycles. The Hall–Kier alpha value is -2.42. The number of benzene rings is 2. The van der Waals surface area contributed by atoms with E-state index in [-0.39, 0.29) is 5.75 Å². The van der Waals surface area contributed by atoms with E-state index < -0.39 is 16.4 Å². The van der Waals surface area contributed by atoms with E-state index in [4.69, 9.17) is 4.74 Å². The molecule has 0 saturated heterocycles. The van der Waals surface area contributed by atoms with Crippen molar-refractivity contribution >= 4 is 15.7 Å². The third-order valence-corrected chi connectivity index (χ3v) is 3.06. The van der Waals surface area contributed by atoms with Crippen molar-refractivity contribution in [3.63, 3.8) is 0 Å². The fourth-order valence-electron chi connectivity index (χ4n) is 1.65. The Morgan fingerprint density at radius 1 is 0.870 bits per heavy atom. The lowest BCUT2D eigenvalue weighted by Gasteiger charge is -2.10. The van der Waals surface area contributed by atoms with Crippen LogP contribution in [0.3, 0.4) is 0 Å². The normalized spacial score (nSPS) is 11.8. The molecule has 23 heavy (non-hydrogen) atoms. The Kier molecular flexibility index (Phi) is 4.69. The van der Waals surface area contributed by atoms with E-state index >= 15 is 0 Å². The highest BCUT2D eigenvalue weighted by Gasteiger charge is 2.30. The molecule has 0 aromatic heterocycles. The number of alkyl halides is 3. The molecule has 0 atom stereocenters. The number of hydrogen-bond donors (Lipinski definition) is 1. The molecule has 9 heteroatoms. The van der Waals surface area contributed by atoms with Crippen molar-refractivity contribution < 1.29 is 31.1 Å². The maximum atomic E-state index is 12.0. The molecule has 2 aromatic carbocycles. The number of halogens is 3. The fourth-order valence-corrected chi connectivity index (χ4v) is 2.21. The van der Waals surface area contributed by atoms with Gasteiger partial charge < -0.3 is 9.47 Å². The van der Waals surface area contributed by atoms with Crippen LogP contribution >= 0.6 is 0 Å². The van der Waals surface area contributed by atoms with Gasteiger partial charge in [0.25, 0.3) is 0 Å². The third-order valence-electron chi connectivity index (χ3n) is 2.45. The number of ether oxygens (including phenoxy) is 2. The first-order chi connectivity index (χ1) is 10.6. The maximum Gasteiger partial charge on any atom is 0.573 e. The molecule has 1 N–H and O–H groups in total. The first kappa shape index (κ1) is 16.9. The predicted molar refractivity (Wildman–Crippen MR) is 78.1 cm³/mol. The van der Waals surface area contributed by atoms with Gasteiger partial charge >= 0.3 is 6.36 Å². The molecule has 2 rings (SSSR count). The monoisotopic (exact) mass is 347 g/mol. The average molecular weight is 347 g/mol. The highest BCUT2D eigenvalue weighted by atomic mass is 32.2. The van der Waals surface area contributed by atoms with Crippen LogP contribution in [0.4, 0.5) is 18.9 Å². The average Bonchev–Trinajstić information content (AvgIpc) is 2.40. The van der Waals surface area contributed by atoms with E-state index in [1.54, 1.807) is 0 Å². The van der Waals surface area contributed by atoms with Crippen molar-refractivity contribution in [1.29, 1.82) is 0 Å². The molecule has 0 aliphatic carbocycles. The van der Waals surface area contributed by atoms with Crippen LogP contribution < -0.4 is 14.2 Å². The summed E-state index contributed by atoms with van der Waals surface area (Å²) < 4.78 is 69.7. The molecule has 0 radical (unpaired) electrons. The number of rotatable bonds is 5. The molecule has 5 nitrogen and oxygen atoms in total. The Morgan fingerprint density at radius 3 is 1.74 bits per heavy atom. The van der Waals surface area contributed by atoms with Gasteiger partial charge in [0.15, 0.2) is 0 Å². The van der Waals surface area contributed by atoms with Crippen LogP contribution in [0.1, 0.15) is 0 Å². The largest absolute Gasteiger partial charge is 0.573 e. The summed E-state index contributed by atoms with van der Waals surface area (Å²) in [7, 11) is -3.37. The van der Waals surface area contributed by atoms with Crippen LogP contribution in [-0.4, -0.2) is 21.0 Å². The van der Waals surface area contributed by atoms with Gasteiger partial charge in [-0.1, -0.05) is 0 Å². The summed E-state index contributed by atoms with van der Waals surface area (Å²) >= 11 is 0. The van der Waals surface area contributed by atoms with Crippen molar-refractivity contribution in [3.8, 4) is 17.2 Å². The Bertz CT molecular complexity index is 756. The van der Waals surface area contributed by atoms with Gasteiger partial charge in [0.1, 0.15) is 17.2 Å². The summed E-state index contributed by atoms with van der Waals surface area (Å²) in [5.74, 6) is 0.356. The molecule has 0 bridgehead atoms. The van der Waals surface area contributed by atoms with Gasteiger partial charge in [-0.05, 0) is 48.5 Å². The second kappa shape index (κ2) is 6.37. The summed E-state index contributed by atoms with van der Waals surface area (Å²) in [5.41, 5.74) is 0.369. The lowest BCUT2D eigenvalue weighted by atomic mass is 10.3. The smallest absolute Gasteiger partial charge is 0.457 e. The quantitative estimate of drug-likeness (QED) is 0.895.